The van der Waals surface area contributed by atoms with Gasteiger partial charge in [0.15, 0.2) is 5.82 Å². The maximum Gasteiger partial charge on any atom is 0.321 e. The minimum absolute atomic E-state index is 0.162. The Morgan fingerprint density at radius 2 is 2.08 bits per heavy atom. The van der Waals surface area contributed by atoms with E-state index >= 15 is 0 Å². The number of nitrogens with one attached hydrogen (secondary N) is 2. The molecule has 1 aromatic heterocycles. The molecule has 1 unspecified atom stereocenters. The zero-order valence-corrected chi connectivity index (χ0v) is 14.1. The summed E-state index contributed by atoms with van der Waals surface area (Å²) < 4.78 is 25.3. The number of aliphatic hydroxyl groups is 1. The predicted molar refractivity (Wildman–Crippen MR) is 88.2 cm³/mol. The molecule has 1 atom stereocenters. The lowest BCUT2D eigenvalue weighted by Gasteiger charge is -2.36. The van der Waals surface area contributed by atoms with Gasteiger partial charge < -0.3 is 20.3 Å². The molecule has 2 amide bonds. The number of aromatic nitrogens is 2. The second-order valence-corrected chi connectivity index (χ2v) is 6.76. The Hall–Kier alpha value is -2.22. The van der Waals surface area contributed by atoms with Crippen molar-refractivity contribution in [2.45, 2.75) is 33.2 Å². The molecule has 132 valence electrons. The highest BCUT2D eigenvalue weighted by atomic mass is 19.3. The molecule has 8 heteroatoms. The lowest BCUT2D eigenvalue weighted by Crippen LogP contribution is -2.48. The molecule has 3 N–H and O–H groups in total. The molecule has 2 rings (SSSR count). The van der Waals surface area contributed by atoms with Crippen LogP contribution in [0, 0.1) is 5.41 Å². The van der Waals surface area contributed by atoms with Crippen LogP contribution in [0.1, 0.15) is 33.0 Å². The van der Waals surface area contributed by atoms with Gasteiger partial charge in [0.2, 0.25) is 0 Å². The van der Waals surface area contributed by atoms with Crippen LogP contribution < -0.4 is 5.32 Å². The van der Waals surface area contributed by atoms with Crippen LogP contribution in [0.15, 0.2) is 18.2 Å². The molecule has 0 aliphatic heterocycles. The number of imidazole rings is 1. The van der Waals surface area contributed by atoms with Crippen molar-refractivity contribution in [1.82, 2.24) is 14.9 Å². The van der Waals surface area contributed by atoms with E-state index in [0.717, 1.165) is 0 Å². The third-order valence-electron chi connectivity index (χ3n) is 3.92. The number of fused-ring (bicyclic) bond motifs is 1. The number of carbonyl (C=O) groups excluding carboxylic acids is 1. The van der Waals surface area contributed by atoms with Crippen LogP contribution in [-0.4, -0.2) is 45.7 Å². The van der Waals surface area contributed by atoms with Gasteiger partial charge in [-0.1, -0.05) is 20.8 Å². The molecule has 0 bridgehead atoms. The highest BCUT2D eigenvalue weighted by molar-refractivity contribution is 5.92. The minimum Gasteiger partial charge on any atom is -0.394 e. The van der Waals surface area contributed by atoms with Crippen LogP contribution in [0.25, 0.3) is 11.0 Å². The number of likely N-dealkylation sites (N-methyl/N-ethyl adjacent to an activating group) is 1. The van der Waals surface area contributed by atoms with Crippen LogP contribution >= 0.6 is 0 Å². The molecule has 1 heterocycles. The highest BCUT2D eigenvalue weighted by Crippen LogP contribution is 2.25. The van der Waals surface area contributed by atoms with Crippen molar-refractivity contribution in [3.05, 3.63) is 24.0 Å². The third kappa shape index (κ3) is 3.81. The van der Waals surface area contributed by atoms with E-state index in [4.69, 9.17) is 0 Å². The van der Waals surface area contributed by atoms with E-state index in [1.807, 2.05) is 20.8 Å². The zero-order valence-electron chi connectivity index (χ0n) is 14.1. The number of hydrogen-bond acceptors (Lipinski definition) is 3. The maximum atomic E-state index is 12.7. The number of halogens is 2. The van der Waals surface area contributed by atoms with Crippen molar-refractivity contribution in [3.63, 3.8) is 0 Å². The number of hydrogen-bond donors (Lipinski definition) is 3. The first-order chi connectivity index (χ1) is 11.1. The summed E-state index contributed by atoms with van der Waals surface area (Å²) in [5, 5.41) is 12.2. The monoisotopic (exact) mass is 340 g/mol. The van der Waals surface area contributed by atoms with Gasteiger partial charge in [-0.05, 0) is 23.6 Å². The van der Waals surface area contributed by atoms with Gasteiger partial charge in [-0.15, -0.1) is 0 Å². The first-order valence-corrected chi connectivity index (χ1v) is 7.56. The second-order valence-electron chi connectivity index (χ2n) is 6.76. The number of amides is 2. The van der Waals surface area contributed by atoms with Crippen molar-refractivity contribution in [1.29, 1.82) is 0 Å². The molecule has 0 spiro atoms. The average molecular weight is 340 g/mol. The number of aliphatic hydroxyl groups excluding tert-OH is 1. The Morgan fingerprint density at radius 3 is 2.62 bits per heavy atom. The van der Waals surface area contributed by atoms with Gasteiger partial charge in [-0.3, -0.25) is 0 Å². The van der Waals surface area contributed by atoms with Crippen LogP contribution in [0.2, 0.25) is 0 Å². The predicted octanol–water partition coefficient (Wildman–Crippen LogP) is 3.37. The Kier molecular flexibility index (Phi) is 5.08. The molecule has 0 saturated heterocycles. The molecule has 0 radical (unpaired) electrons. The normalized spacial score (nSPS) is 13.3. The van der Waals surface area contributed by atoms with E-state index in [0.29, 0.717) is 16.7 Å². The van der Waals surface area contributed by atoms with Gasteiger partial charge in [0.25, 0.3) is 6.43 Å². The molecule has 1 aromatic carbocycles. The third-order valence-corrected chi connectivity index (χ3v) is 3.92. The SMILES string of the molecule is CN(C(=O)Nc1ccc2nc(C(F)F)[nH]c2c1)C(CO)C(C)(C)C. The first-order valence-electron chi connectivity index (χ1n) is 7.56. The van der Waals surface area contributed by atoms with Crippen molar-refractivity contribution in [2.24, 2.45) is 5.41 Å². The number of aromatic amines is 1. The largest absolute Gasteiger partial charge is 0.394 e. The van der Waals surface area contributed by atoms with E-state index < -0.39 is 18.3 Å². The summed E-state index contributed by atoms with van der Waals surface area (Å²) in [5.41, 5.74) is 0.981. The van der Waals surface area contributed by atoms with Crippen molar-refractivity contribution < 1.29 is 18.7 Å². The molecule has 0 aliphatic carbocycles. The summed E-state index contributed by atoms with van der Waals surface area (Å²) in [5.74, 6) is -0.404. The fraction of sp³-hybridized carbons (Fsp3) is 0.500. The zero-order chi connectivity index (χ0) is 18.1. The average Bonchev–Trinajstić information content (AvgIpc) is 2.89. The van der Waals surface area contributed by atoms with Crippen LogP contribution in [0.4, 0.5) is 19.3 Å². The number of carbonyl (C=O) groups is 1. The summed E-state index contributed by atoms with van der Waals surface area (Å²) in [7, 11) is 1.60. The van der Waals surface area contributed by atoms with Gasteiger partial charge in [0, 0.05) is 12.7 Å². The lowest BCUT2D eigenvalue weighted by atomic mass is 9.86. The van der Waals surface area contributed by atoms with E-state index in [9.17, 15) is 18.7 Å². The number of nitrogens with zero attached hydrogens (tertiary/aromatic N) is 2. The molecule has 6 nitrogen and oxygen atoms in total. The summed E-state index contributed by atoms with van der Waals surface area (Å²) in [4.78, 5) is 20.1. The van der Waals surface area contributed by atoms with E-state index in [1.54, 1.807) is 25.2 Å². The molecule has 0 aliphatic rings. The number of rotatable bonds is 4. The highest BCUT2D eigenvalue weighted by Gasteiger charge is 2.30. The van der Waals surface area contributed by atoms with Gasteiger partial charge in [-0.25, -0.2) is 18.6 Å². The summed E-state index contributed by atoms with van der Waals surface area (Å²) >= 11 is 0. The topological polar surface area (TPSA) is 81.2 Å². The fourth-order valence-corrected chi connectivity index (χ4v) is 2.54. The molecule has 0 fully saturated rings. The van der Waals surface area contributed by atoms with Crippen LogP contribution in [-0.2, 0) is 0 Å². The van der Waals surface area contributed by atoms with E-state index in [2.05, 4.69) is 15.3 Å². The van der Waals surface area contributed by atoms with Crippen molar-refractivity contribution >= 4 is 22.8 Å². The number of H-pyrrole nitrogens is 1. The lowest BCUT2D eigenvalue weighted by molar-refractivity contribution is 0.0886. The Bertz CT molecular complexity index is 724. The maximum absolute atomic E-state index is 12.7. The smallest absolute Gasteiger partial charge is 0.321 e. The number of urea groups is 1. The van der Waals surface area contributed by atoms with Crippen LogP contribution in [0.5, 0.6) is 0 Å². The van der Waals surface area contributed by atoms with Crippen LogP contribution in [0.3, 0.4) is 0 Å². The van der Waals surface area contributed by atoms with Gasteiger partial charge in [0.05, 0.1) is 23.7 Å². The molecular formula is C16H22F2N4O2. The quantitative estimate of drug-likeness (QED) is 0.798. The number of anilines is 1. The van der Waals surface area contributed by atoms with Crippen molar-refractivity contribution in [3.8, 4) is 0 Å². The first kappa shape index (κ1) is 18.1. The fourth-order valence-electron chi connectivity index (χ4n) is 2.54. The van der Waals surface area contributed by atoms with Gasteiger partial charge >= 0.3 is 6.03 Å². The van der Waals surface area contributed by atoms with Crippen molar-refractivity contribution in [2.75, 3.05) is 19.0 Å². The van der Waals surface area contributed by atoms with Gasteiger partial charge in [0.1, 0.15) is 0 Å². The summed E-state index contributed by atoms with van der Waals surface area (Å²) in [6, 6.07) is 3.94. The molecule has 2 aromatic rings. The molecule has 24 heavy (non-hydrogen) atoms. The Morgan fingerprint density at radius 1 is 1.42 bits per heavy atom. The number of alkyl halides is 2. The second kappa shape index (κ2) is 6.72. The molecular weight excluding hydrogens is 318 g/mol. The van der Waals surface area contributed by atoms with E-state index in [1.165, 1.54) is 4.90 Å². The summed E-state index contributed by atoms with van der Waals surface area (Å²) in [6.07, 6.45) is -2.68. The van der Waals surface area contributed by atoms with Gasteiger partial charge in [-0.2, -0.15) is 0 Å². The standard InChI is InChI=1S/C16H22F2N4O2/c1-16(2,3)12(8-23)22(4)15(24)19-9-5-6-10-11(7-9)21-14(20-10)13(17)18/h5-7,12-13,23H,8H2,1-4H3,(H,19,24)(H,20,21). The Labute approximate surface area is 138 Å². The van der Waals surface area contributed by atoms with E-state index in [-0.39, 0.29) is 18.1 Å². The minimum atomic E-state index is -2.68. The summed E-state index contributed by atoms with van der Waals surface area (Å²) in [6.45, 7) is 5.63. The molecule has 0 saturated carbocycles. The number of benzene rings is 1. The Balaban J connectivity index is 2.17.